The molecule has 8 nitrogen and oxygen atoms in total. The Kier molecular flexibility index (Phi) is 4.26. The minimum absolute atomic E-state index is 0.0301. The maximum absolute atomic E-state index is 12.1. The second-order valence-electron chi connectivity index (χ2n) is 2.99. The van der Waals surface area contributed by atoms with Crippen molar-refractivity contribution in [2.45, 2.75) is 6.92 Å². The first-order chi connectivity index (χ1) is 8.06. The number of primary amides is 1. The van der Waals surface area contributed by atoms with Crippen LogP contribution in [-0.4, -0.2) is 40.0 Å². The van der Waals surface area contributed by atoms with Crippen molar-refractivity contribution < 1.29 is 14.0 Å². The van der Waals surface area contributed by atoms with Crippen LogP contribution in [0.15, 0.2) is 16.7 Å². The van der Waals surface area contributed by atoms with Gasteiger partial charge in [0.1, 0.15) is 6.67 Å². The molecule has 0 aliphatic heterocycles. The topological polar surface area (TPSA) is 117 Å². The number of rotatable bonds is 5. The smallest absolute Gasteiger partial charge is 0.269 e. The lowest BCUT2D eigenvalue weighted by Gasteiger charge is -2.09. The van der Waals surface area contributed by atoms with Crippen molar-refractivity contribution in [2.75, 3.05) is 13.2 Å². The number of nitrogens with two attached hydrogens (primary N) is 1. The molecule has 2 amide bonds. The second kappa shape index (κ2) is 5.68. The third-order valence-corrected chi connectivity index (χ3v) is 1.77. The van der Waals surface area contributed by atoms with Crippen LogP contribution in [0, 0.1) is 0 Å². The summed E-state index contributed by atoms with van der Waals surface area (Å²) >= 11 is 0. The fourth-order valence-electron chi connectivity index (χ4n) is 0.986. The molecule has 0 aliphatic carbocycles. The molecular formula is C8H11FN6O2. The van der Waals surface area contributed by atoms with E-state index in [1.54, 1.807) is 0 Å². The molecule has 0 unspecified atom stereocenters. The Hall–Kier alpha value is -2.32. The van der Waals surface area contributed by atoms with Gasteiger partial charge in [0.15, 0.2) is 5.69 Å². The maximum Gasteiger partial charge on any atom is 0.269 e. The number of nitrogens with one attached hydrogen (secondary N) is 1. The summed E-state index contributed by atoms with van der Waals surface area (Å²) in [6, 6.07) is 0. The predicted molar refractivity (Wildman–Crippen MR) is 55.0 cm³/mol. The minimum Gasteiger partial charge on any atom is -0.364 e. The summed E-state index contributed by atoms with van der Waals surface area (Å²) in [7, 11) is 0. The highest BCUT2D eigenvalue weighted by molar-refractivity contribution is 5.94. The summed E-state index contributed by atoms with van der Waals surface area (Å²) in [6.07, 6.45) is 1.21. The highest BCUT2D eigenvalue weighted by Gasteiger charge is 2.12. The Morgan fingerprint density at radius 3 is 2.88 bits per heavy atom. The molecule has 9 heteroatoms. The van der Waals surface area contributed by atoms with E-state index < -0.39 is 18.5 Å². The van der Waals surface area contributed by atoms with Gasteiger partial charge in [-0.1, -0.05) is 5.22 Å². The molecule has 0 bridgehead atoms. The molecule has 0 spiro atoms. The molecule has 0 radical (unpaired) electrons. The van der Waals surface area contributed by atoms with Crippen LogP contribution < -0.4 is 5.73 Å². The molecule has 0 atom stereocenters. The van der Waals surface area contributed by atoms with Gasteiger partial charge in [-0.3, -0.25) is 9.59 Å². The lowest BCUT2D eigenvalue weighted by molar-refractivity contribution is -0.129. The number of aromatic amines is 1. The molecule has 92 valence electrons. The number of carbonyl (C=O) groups excluding carboxylic acids is 2. The van der Waals surface area contributed by atoms with Crippen molar-refractivity contribution in [3.05, 3.63) is 12.0 Å². The molecule has 0 saturated carbocycles. The van der Waals surface area contributed by atoms with Gasteiger partial charge in [0.2, 0.25) is 11.7 Å². The monoisotopic (exact) mass is 242 g/mol. The van der Waals surface area contributed by atoms with Crippen molar-refractivity contribution in [1.29, 1.82) is 0 Å². The number of imidazole rings is 1. The van der Waals surface area contributed by atoms with E-state index in [9.17, 15) is 14.0 Å². The van der Waals surface area contributed by atoms with Crippen LogP contribution in [0.5, 0.6) is 0 Å². The van der Waals surface area contributed by atoms with E-state index in [4.69, 9.17) is 5.73 Å². The average molecular weight is 242 g/mol. The maximum atomic E-state index is 12.1. The molecule has 0 saturated heterocycles. The van der Waals surface area contributed by atoms with Crippen LogP contribution in [0.4, 0.5) is 10.2 Å². The van der Waals surface area contributed by atoms with Gasteiger partial charge in [0.25, 0.3) is 5.91 Å². The Labute approximate surface area is 95.7 Å². The largest absolute Gasteiger partial charge is 0.364 e. The molecule has 0 aliphatic rings. The number of alkyl halides is 1. The van der Waals surface area contributed by atoms with E-state index in [0.717, 1.165) is 5.01 Å². The fraction of sp³-hybridized carbons (Fsp3) is 0.375. The van der Waals surface area contributed by atoms with E-state index in [1.165, 1.54) is 13.3 Å². The van der Waals surface area contributed by atoms with Crippen LogP contribution in [0.2, 0.25) is 0 Å². The van der Waals surface area contributed by atoms with Gasteiger partial charge < -0.3 is 10.7 Å². The van der Waals surface area contributed by atoms with Crippen LogP contribution in [0.25, 0.3) is 0 Å². The highest BCUT2D eigenvalue weighted by atomic mass is 19.1. The van der Waals surface area contributed by atoms with Gasteiger partial charge in [0.05, 0.1) is 12.9 Å². The molecule has 1 rings (SSSR count). The molecule has 0 fully saturated rings. The molecular weight excluding hydrogens is 231 g/mol. The van der Waals surface area contributed by atoms with Gasteiger partial charge in [0, 0.05) is 6.92 Å². The van der Waals surface area contributed by atoms with Gasteiger partial charge in [-0.15, -0.1) is 5.11 Å². The van der Waals surface area contributed by atoms with E-state index in [1.807, 2.05) is 0 Å². The number of hydrogen-bond acceptors (Lipinski definition) is 5. The number of nitrogens with zero attached hydrogens (tertiary/aromatic N) is 4. The van der Waals surface area contributed by atoms with Crippen LogP contribution in [0.3, 0.4) is 0 Å². The van der Waals surface area contributed by atoms with Crippen LogP contribution in [-0.2, 0) is 4.79 Å². The zero-order chi connectivity index (χ0) is 12.8. The highest BCUT2D eigenvalue weighted by Crippen LogP contribution is 2.13. The number of H-pyrrole nitrogens is 1. The fourth-order valence-corrected chi connectivity index (χ4v) is 0.986. The lowest BCUT2D eigenvalue weighted by atomic mass is 10.4. The Morgan fingerprint density at radius 2 is 2.35 bits per heavy atom. The molecule has 3 N–H and O–H groups in total. The first-order valence-corrected chi connectivity index (χ1v) is 4.65. The molecule has 0 aromatic carbocycles. The molecule has 17 heavy (non-hydrogen) atoms. The van der Waals surface area contributed by atoms with Crippen LogP contribution >= 0.6 is 0 Å². The summed E-state index contributed by atoms with van der Waals surface area (Å²) in [6.45, 7) is 0.255. The summed E-state index contributed by atoms with van der Waals surface area (Å²) < 4.78 is 12.1. The number of carbonyl (C=O) groups is 2. The summed E-state index contributed by atoms with van der Waals surface area (Å²) in [4.78, 5) is 28.0. The number of hydrogen-bond donors (Lipinski definition) is 2. The first kappa shape index (κ1) is 12.7. The predicted octanol–water partition coefficient (Wildman–Crippen LogP) is 0.325. The molecule has 1 heterocycles. The summed E-state index contributed by atoms with van der Waals surface area (Å²) in [5, 5.41) is 7.84. The zero-order valence-electron chi connectivity index (χ0n) is 9.05. The quantitative estimate of drug-likeness (QED) is 0.572. The van der Waals surface area contributed by atoms with Gasteiger partial charge in [-0.25, -0.2) is 14.4 Å². The lowest BCUT2D eigenvalue weighted by Crippen LogP contribution is -2.24. The standard InChI is InChI=1S/C8H11FN6O2/c1-5(16)15(3-2-9)14-13-8-6(7(10)17)11-4-12-8/h4H,2-3H2,1H3,(H2,10,17)(H,11,12). The minimum atomic E-state index is -0.753. The van der Waals surface area contributed by atoms with Gasteiger partial charge in [-0.2, -0.15) is 0 Å². The first-order valence-electron chi connectivity index (χ1n) is 4.65. The normalized spacial score (nSPS) is 10.7. The zero-order valence-corrected chi connectivity index (χ0v) is 9.05. The molecule has 1 aromatic rings. The Bertz CT molecular complexity index is 443. The third-order valence-electron chi connectivity index (χ3n) is 1.77. The number of halogens is 1. The van der Waals surface area contributed by atoms with E-state index in [0.29, 0.717) is 0 Å². The van der Waals surface area contributed by atoms with Crippen molar-refractivity contribution >= 4 is 17.6 Å². The Balaban J connectivity index is 2.84. The van der Waals surface area contributed by atoms with E-state index in [-0.39, 0.29) is 18.1 Å². The number of aromatic nitrogens is 2. The van der Waals surface area contributed by atoms with Crippen molar-refractivity contribution in [3.8, 4) is 0 Å². The van der Waals surface area contributed by atoms with Crippen molar-refractivity contribution in [2.24, 2.45) is 16.1 Å². The average Bonchev–Trinajstić information content (AvgIpc) is 2.71. The summed E-state index contributed by atoms with van der Waals surface area (Å²) in [5.74, 6) is -1.28. The summed E-state index contributed by atoms with van der Waals surface area (Å²) in [5.41, 5.74) is 5.00. The van der Waals surface area contributed by atoms with Crippen LogP contribution in [0.1, 0.15) is 17.4 Å². The van der Waals surface area contributed by atoms with Crippen molar-refractivity contribution in [1.82, 2.24) is 15.0 Å². The number of amides is 2. The van der Waals surface area contributed by atoms with Gasteiger partial charge in [-0.05, 0) is 0 Å². The van der Waals surface area contributed by atoms with E-state index >= 15 is 0 Å². The van der Waals surface area contributed by atoms with Crippen molar-refractivity contribution in [3.63, 3.8) is 0 Å². The molecule has 1 aromatic heterocycles. The Morgan fingerprint density at radius 1 is 1.65 bits per heavy atom. The SMILES string of the molecule is CC(=O)N(CCF)N=Nc1nc[nH]c1C(N)=O. The van der Waals surface area contributed by atoms with Gasteiger partial charge >= 0.3 is 0 Å². The third kappa shape index (κ3) is 3.33. The second-order valence-corrected chi connectivity index (χ2v) is 2.99. The van der Waals surface area contributed by atoms with E-state index in [2.05, 4.69) is 20.3 Å².